The molecule has 0 aliphatic carbocycles. The molecule has 1 heterocycles. The second-order valence-corrected chi connectivity index (χ2v) is 4.31. The highest BCUT2D eigenvalue weighted by atomic mass is 19.4. The molecular weight excluding hydrogens is 255 g/mol. The van der Waals surface area contributed by atoms with Gasteiger partial charge < -0.3 is 5.73 Å². The number of rotatable bonds is 3. The number of halogens is 3. The quantitative estimate of drug-likeness (QED) is 0.931. The summed E-state index contributed by atoms with van der Waals surface area (Å²) in [6, 6.07) is 6.78. The third-order valence-electron chi connectivity index (χ3n) is 2.77. The van der Waals surface area contributed by atoms with E-state index in [1.807, 2.05) is 13.0 Å². The van der Waals surface area contributed by atoms with Crippen molar-refractivity contribution in [3.8, 4) is 5.69 Å². The molecule has 1 aromatic heterocycles. The van der Waals surface area contributed by atoms with Crippen molar-refractivity contribution in [2.45, 2.75) is 19.5 Å². The van der Waals surface area contributed by atoms with E-state index in [0.717, 1.165) is 10.2 Å². The average Bonchev–Trinajstić information content (AvgIpc) is 2.73. The third kappa shape index (κ3) is 2.78. The van der Waals surface area contributed by atoms with Gasteiger partial charge in [-0.05, 0) is 37.6 Å². The molecule has 1 aromatic carbocycles. The lowest BCUT2D eigenvalue weighted by molar-refractivity contribution is -0.143. The van der Waals surface area contributed by atoms with Gasteiger partial charge in [-0.15, -0.1) is 0 Å². The van der Waals surface area contributed by atoms with Gasteiger partial charge in [-0.2, -0.15) is 18.3 Å². The summed E-state index contributed by atoms with van der Waals surface area (Å²) < 4.78 is 40.4. The van der Waals surface area contributed by atoms with Crippen molar-refractivity contribution in [2.24, 2.45) is 5.73 Å². The third-order valence-corrected chi connectivity index (χ3v) is 2.77. The van der Waals surface area contributed by atoms with Gasteiger partial charge in [-0.25, -0.2) is 4.68 Å². The standard InChI is InChI=1S/C13H14F3N3/c1-9-3-2-4-11(7-9)19-12(13(14,15)16)10(5-6-17)8-18-19/h2-4,7-8H,5-6,17H2,1H3. The Labute approximate surface area is 108 Å². The number of alkyl halides is 3. The minimum atomic E-state index is -4.45. The summed E-state index contributed by atoms with van der Waals surface area (Å²) in [5.41, 5.74) is 5.99. The molecule has 3 nitrogen and oxygen atoms in total. The molecule has 2 aromatic rings. The molecule has 19 heavy (non-hydrogen) atoms. The molecule has 0 amide bonds. The minimum Gasteiger partial charge on any atom is -0.330 e. The Morgan fingerprint density at radius 2 is 2.05 bits per heavy atom. The van der Waals surface area contributed by atoms with Crippen LogP contribution in [0.2, 0.25) is 0 Å². The van der Waals surface area contributed by atoms with Gasteiger partial charge in [0.05, 0.1) is 11.9 Å². The van der Waals surface area contributed by atoms with Crippen molar-refractivity contribution in [2.75, 3.05) is 6.54 Å². The first-order valence-corrected chi connectivity index (χ1v) is 5.84. The molecule has 6 heteroatoms. The van der Waals surface area contributed by atoms with Crippen LogP contribution in [-0.4, -0.2) is 16.3 Å². The fourth-order valence-corrected chi connectivity index (χ4v) is 1.98. The highest BCUT2D eigenvalue weighted by Gasteiger charge is 2.38. The van der Waals surface area contributed by atoms with E-state index in [1.54, 1.807) is 18.2 Å². The number of aryl methyl sites for hydroxylation is 1. The number of hydrogen-bond donors (Lipinski definition) is 1. The van der Waals surface area contributed by atoms with Crippen LogP contribution in [0.15, 0.2) is 30.5 Å². The summed E-state index contributed by atoms with van der Waals surface area (Å²) in [6.07, 6.45) is -3.07. The summed E-state index contributed by atoms with van der Waals surface area (Å²) in [5, 5.41) is 3.85. The van der Waals surface area contributed by atoms with Crippen LogP contribution in [0.25, 0.3) is 5.69 Å². The molecule has 0 aliphatic heterocycles. The lowest BCUT2D eigenvalue weighted by Gasteiger charge is -2.13. The topological polar surface area (TPSA) is 43.8 Å². The van der Waals surface area contributed by atoms with Gasteiger partial charge in [-0.1, -0.05) is 12.1 Å². The molecule has 0 bridgehead atoms. The summed E-state index contributed by atoms with van der Waals surface area (Å²) in [6.45, 7) is 1.98. The molecule has 0 unspecified atom stereocenters. The average molecular weight is 269 g/mol. The Morgan fingerprint density at radius 1 is 1.32 bits per heavy atom. The number of hydrogen-bond acceptors (Lipinski definition) is 2. The zero-order valence-electron chi connectivity index (χ0n) is 10.4. The molecule has 0 spiro atoms. The van der Waals surface area contributed by atoms with E-state index in [1.165, 1.54) is 6.20 Å². The first-order valence-electron chi connectivity index (χ1n) is 5.84. The molecule has 0 saturated heterocycles. The van der Waals surface area contributed by atoms with Gasteiger partial charge in [0.15, 0.2) is 5.69 Å². The molecule has 0 aliphatic rings. The van der Waals surface area contributed by atoms with Gasteiger partial charge in [0.25, 0.3) is 0 Å². The monoisotopic (exact) mass is 269 g/mol. The molecule has 2 rings (SSSR count). The number of nitrogens with two attached hydrogens (primary N) is 1. The molecular formula is C13H14F3N3. The molecule has 102 valence electrons. The first kappa shape index (κ1) is 13.6. The summed E-state index contributed by atoms with van der Waals surface area (Å²) in [5.74, 6) is 0. The number of benzene rings is 1. The van der Waals surface area contributed by atoms with E-state index in [2.05, 4.69) is 5.10 Å². The largest absolute Gasteiger partial charge is 0.433 e. The zero-order valence-corrected chi connectivity index (χ0v) is 10.4. The molecule has 0 atom stereocenters. The van der Waals surface area contributed by atoms with E-state index >= 15 is 0 Å². The van der Waals surface area contributed by atoms with Crippen LogP contribution in [0.3, 0.4) is 0 Å². The van der Waals surface area contributed by atoms with Gasteiger partial charge in [0, 0.05) is 5.56 Å². The fraction of sp³-hybridized carbons (Fsp3) is 0.308. The maximum Gasteiger partial charge on any atom is 0.433 e. The van der Waals surface area contributed by atoms with Crippen molar-refractivity contribution < 1.29 is 13.2 Å². The Balaban J connectivity index is 2.58. The van der Waals surface area contributed by atoms with E-state index in [9.17, 15) is 13.2 Å². The number of aromatic nitrogens is 2. The van der Waals surface area contributed by atoms with Crippen molar-refractivity contribution in [1.29, 1.82) is 0 Å². The van der Waals surface area contributed by atoms with E-state index in [4.69, 9.17) is 5.73 Å². The minimum absolute atomic E-state index is 0.122. The molecule has 2 N–H and O–H groups in total. The Hall–Kier alpha value is -1.82. The smallest absolute Gasteiger partial charge is 0.330 e. The van der Waals surface area contributed by atoms with E-state index < -0.39 is 11.9 Å². The number of nitrogens with zero attached hydrogens (tertiary/aromatic N) is 2. The van der Waals surface area contributed by atoms with Crippen LogP contribution in [0.4, 0.5) is 13.2 Å². The van der Waals surface area contributed by atoms with Crippen molar-refractivity contribution in [1.82, 2.24) is 9.78 Å². The first-order chi connectivity index (χ1) is 8.93. The summed E-state index contributed by atoms with van der Waals surface area (Å²) in [4.78, 5) is 0. The van der Waals surface area contributed by atoms with Crippen LogP contribution in [-0.2, 0) is 12.6 Å². The fourth-order valence-electron chi connectivity index (χ4n) is 1.98. The Bertz CT molecular complexity index is 573. The SMILES string of the molecule is Cc1cccc(-n2ncc(CCN)c2C(F)(F)F)c1. The predicted molar refractivity (Wildman–Crippen MR) is 66.1 cm³/mol. The van der Waals surface area contributed by atoms with Crippen molar-refractivity contribution in [3.05, 3.63) is 47.3 Å². The van der Waals surface area contributed by atoms with Crippen LogP contribution >= 0.6 is 0 Å². The highest BCUT2D eigenvalue weighted by Crippen LogP contribution is 2.33. The van der Waals surface area contributed by atoms with Crippen molar-refractivity contribution in [3.63, 3.8) is 0 Å². The van der Waals surface area contributed by atoms with Crippen LogP contribution in [0.5, 0.6) is 0 Å². The summed E-state index contributed by atoms with van der Waals surface area (Å²) >= 11 is 0. The lowest BCUT2D eigenvalue weighted by Crippen LogP contribution is -2.17. The van der Waals surface area contributed by atoms with Gasteiger partial charge in [0.1, 0.15) is 0 Å². The predicted octanol–water partition coefficient (Wildman–Crippen LogP) is 2.70. The van der Waals surface area contributed by atoms with Gasteiger partial charge >= 0.3 is 6.18 Å². The van der Waals surface area contributed by atoms with E-state index in [0.29, 0.717) is 5.69 Å². The molecule has 0 fully saturated rings. The summed E-state index contributed by atoms with van der Waals surface area (Å²) in [7, 11) is 0. The maximum absolute atomic E-state index is 13.2. The lowest BCUT2D eigenvalue weighted by atomic mass is 10.1. The normalized spacial score (nSPS) is 11.8. The second-order valence-electron chi connectivity index (χ2n) is 4.31. The molecule has 0 saturated carbocycles. The van der Waals surface area contributed by atoms with Crippen molar-refractivity contribution >= 4 is 0 Å². The Morgan fingerprint density at radius 3 is 2.63 bits per heavy atom. The second kappa shape index (κ2) is 5.05. The van der Waals surface area contributed by atoms with Gasteiger partial charge in [-0.3, -0.25) is 0 Å². The Kier molecular flexibility index (Phi) is 3.61. The van der Waals surface area contributed by atoms with E-state index in [-0.39, 0.29) is 18.5 Å². The van der Waals surface area contributed by atoms with Crippen LogP contribution in [0.1, 0.15) is 16.8 Å². The van der Waals surface area contributed by atoms with Crippen LogP contribution in [0, 0.1) is 6.92 Å². The maximum atomic E-state index is 13.2. The van der Waals surface area contributed by atoms with Gasteiger partial charge in [0.2, 0.25) is 0 Å². The van der Waals surface area contributed by atoms with Crippen LogP contribution < -0.4 is 5.73 Å². The molecule has 0 radical (unpaired) electrons. The zero-order chi connectivity index (χ0) is 14.0. The highest BCUT2D eigenvalue weighted by molar-refractivity contribution is 5.38.